The van der Waals surface area contributed by atoms with E-state index in [1.807, 2.05) is 0 Å². The average Bonchev–Trinajstić information content (AvgIpc) is 2.95. The Morgan fingerprint density at radius 2 is 1.49 bits per heavy atom. The first-order valence-electron chi connectivity index (χ1n) is 13.5. The zero-order chi connectivity index (χ0) is 29.3. The summed E-state index contributed by atoms with van der Waals surface area (Å²) >= 11 is 0. The minimum atomic E-state index is -1.88. The largest absolute Gasteiger partial charge is 0.487 e. The smallest absolute Gasteiger partial charge is 0.335 e. The van der Waals surface area contributed by atoms with Crippen molar-refractivity contribution in [3.8, 4) is 11.5 Å². The maximum atomic E-state index is 13.7. The second-order valence-corrected chi connectivity index (χ2v) is 10.5. The van der Waals surface area contributed by atoms with Crippen LogP contribution in [-0.2, 0) is 27.1 Å². The van der Waals surface area contributed by atoms with Crippen LogP contribution in [0.5, 0.6) is 11.5 Å². The van der Waals surface area contributed by atoms with Gasteiger partial charge in [0, 0.05) is 13.1 Å². The van der Waals surface area contributed by atoms with Crippen molar-refractivity contribution >= 4 is 5.97 Å². The molecule has 41 heavy (non-hydrogen) atoms. The first-order valence-corrected chi connectivity index (χ1v) is 13.5. The third-order valence-electron chi connectivity index (χ3n) is 7.66. The highest BCUT2D eigenvalue weighted by Gasteiger charge is 2.49. The van der Waals surface area contributed by atoms with Crippen LogP contribution in [0.15, 0.2) is 36.4 Å². The van der Waals surface area contributed by atoms with Crippen molar-refractivity contribution in [1.29, 1.82) is 0 Å². The van der Waals surface area contributed by atoms with Gasteiger partial charge in [-0.15, -0.1) is 0 Å². The Morgan fingerprint density at radius 3 is 2.10 bits per heavy atom. The second-order valence-electron chi connectivity index (χ2n) is 10.5. The molecule has 1 unspecified atom stereocenters. The summed E-state index contributed by atoms with van der Waals surface area (Å²) in [6.45, 7) is 0.0957. The summed E-state index contributed by atoms with van der Waals surface area (Å²) in [6.07, 6.45) is -10.2. The number of hydrogen-bond acceptors (Lipinski definition) is 10. The molecule has 13 heteroatoms. The number of benzene rings is 2. The number of halogens is 2. The number of rotatable bonds is 9. The van der Waals surface area contributed by atoms with Gasteiger partial charge in [-0.25, -0.2) is 13.6 Å². The molecular weight excluding hydrogens is 548 g/mol. The van der Waals surface area contributed by atoms with Gasteiger partial charge in [-0.3, -0.25) is 0 Å². The molecular formula is C28H33F2NO10. The maximum Gasteiger partial charge on any atom is 0.335 e. The number of aryl methyl sites for hydroxylation is 2. The SMILES string of the molecule is O=C(O)[C@H]1OC(O[C@H](CNC[C@@H](O)[C@H]2CCc3cc(F)ccc3O2)[C@@H]2CCc3cc(F)ccc3O2)[C@H](O)[C@@H](O)[C@@H]1O. The van der Waals surface area contributed by atoms with E-state index in [1.165, 1.54) is 36.4 Å². The standard InChI is InChI=1S/C28H33F2NO10/c29-15-3-7-18-13(9-15)1-5-20(38-18)17(32)11-31-12-22(21-6-2-14-10-16(30)4-8-19(14)39-21)40-28-25(35)23(33)24(34)26(41-28)27(36)37/h3-4,7-10,17,20-26,28,31-35H,1-2,5-6,11-12H2,(H,36,37)/t17-,20-,21+,22-,23+,24+,25-,26+,28?/m1/s1. The lowest BCUT2D eigenvalue weighted by molar-refractivity contribution is -0.309. The Morgan fingerprint density at radius 1 is 0.902 bits per heavy atom. The molecule has 3 aliphatic heterocycles. The first kappa shape index (κ1) is 29.6. The average molecular weight is 582 g/mol. The molecule has 224 valence electrons. The van der Waals surface area contributed by atoms with Crippen LogP contribution in [0.3, 0.4) is 0 Å². The lowest BCUT2D eigenvalue weighted by Crippen LogP contribution is -2.62. The number of aliphatic carboxylic acids is 1. The molecule has 9 atom stereocenters. The van der Waals surface area contributed by atoms with Crippen LogP contribution in [0.2, 0.25) is 0 Å². The summed E-state index contributed by atoms with van der Waals surface area (Å²) in [6, 6.07) is 8.33. The lowest BCUT2D eigenvalue weighted by atomic mass is 9.97. The van der Waals surface area contributed by atoms with Crippen molar-refractivity contribution in [2.24, 2.45) is 0 Å². The molecule has 11 nitrogen and oxygen atoms in total. The van der Waals surface area contributed by atoms with Gasteiger partial charge in [0.1, 0.15) is 65.9 Å². The molecule has 0 bridgehead atoms. The van der Waals surface area contributed by atoms with Crippen LogP contribution in [-0.4, -0.2) is 99.7 Å². The van der Waals surface area contributed by atoms with Crippen molar-refractivity contribution in [2.75, 3.05) is 13.1 Å². The Bertz CT molecular complexity index is 1230. The fourth-order valence-electron chi connectivity index (χ4n) is 5.40. The van der Waals surface area contributed by atoms with E-state index in [0.717, 1.165) is 5.56 Å². The van der Waals surface area contributed by atoms with E-state index in [0.29, 0.717) is 42.7 Å². The molecule has 1 saturated heterocycles. The zero-order valence-corrected chi connectivity index (χ0v) is 21.9. The lowest BCUT2D eigenvalue weighted by Gasteiger charge is -2.41. The number of carboxylic acids is 1. The highest BCUT2D eigenvalue weighted by atomic mass is 19.1. The molecule has 3 aliphatic rings. The summed E-state index contributed by atoms with van der Waals surface area (Å²) in [5.74, 6) is -1.37. The number of carbonyl (C=O) groups is 1. The van der Waals surface area contributed by atoms with Crippen LogP contribution in [0.4, 0.5) is 8.78 Å². The maximum absolute atomic E-state index is 13.7. The first-order chi connectivity index (χ1) is 19.6. The van der Waals surface area contributed by atoms with Crippen LogP contribution < -0.4 is 14.8 Å². The molecule has 1 fully saturated rings. The van der Waals surface area contributed by atoms with E-state index >= 15 is 0 Å². The van der Waals surface area contributed by atoms with E-state index in [1.54, 1.807) is 0 Å². The van der Waals surface area contributed by atoms with Gasteiger partial charge in [0.05, 0.1) is 0 Å². The van der Waals surface area contributed by atoms with Gasteiger partial charge < -0.3 is 49.8 Å². The van der Waals surface area contributed by atoms with E-state index in [9.17, 15) is 39.1 Å². The predicted molar refractivity (Wildman–Crippen MR) is 136 cm³/mol. The summed E-state index contributed by atoms with van der Waals surface area (Å²) in [5, 5.41) is 54.0. The van der Waals surface area contributed by atoms with Gasteiger partial charge in [0.2, 0.25) is 0 Å². The summed E-state index contributed by atoms with van der Waals surface area (Å²) in [4.78, 5) is 11.5. The van der Waals surface area contributed by atoms with E-state index < -0.39 is 66.9 Å². The van der Waals surface area contributed by atoms with Crippen LogP contribution in [0, 0.1) is 11.6 Å². The topological polar surface area (TPSA) is 167 Å². The van der Waals surface area contributed by atoms with Crippen LogP contribution in [0.25, 0.3) is 0 Å². The van der Waals surface area contributed by atoms with Crippen molar-refractivity contribution < 1.29 is 58.1 Å². The minimum Gasteiger partial charge on any atom is -0.487 e. The highest BCUT2D eigenvalue weighted by Crippen LogP contribution is 2.32. The minimum absolute atomic E-state index is 0.0374. The zero-order valence-electron chi connectivity index (χ0n) is 21.9. The van der Waals surface area contributed by atoms with E-state index in [-0.39, 0.29) is 18.9 Å². The van der Waals surface area contributed by atoms with Gasteiger partial charge in [0.15, 0.2) is 12.4 Å². The third kappa shape index (κ3) is 6.61. The molecule has 0 amide bonds. The summed E-state index contributed by atoms with van der Waals surface area (Å²) in [7, 11) is 0. The number of carboxylic acid groups (broad SMARTS) is 1. The number of aliphatic hydroxyl groups excluding tert-OH is 4. The Labute approximate surface area is 234 Å². The summed E-state index contributed by atoms with van der Waals surface area (Å²) < 4.78 is 50.4. The molecule has 6 N–H and O–H groups in total. The molecule has 0 aromatic heterocycles. The van der Waals surface area contributed by atoms with E-state index in [2.05, 4.69) is 5.32 Å². The van der Waals surface area contributed by atoms with Gasteiger partial charge in [0.25, 0.3) is 0 Å². The third-order valence-corrected chi connectivity index (χ3v) is 7.66. The molecule has 0 radical (unpaired) electrons. The van der Waals surface area contributed by atoms with Gasteiger partial charge in [-0.2, -0.15) is 0 Å². The molecule has 2 aromatic rings. The Kier molecular flexibility index (Phi) is 9.04. The quantitative estimate of drug-likeness (QED) is 0.241. The van der Waals surface area contributed by atoms with Crippen molar-refractivity contribution in [3.63, 3.8) is 0 Å². The van der Waals surface area contributed by atoms with Crippen molar-refractivity contribution in [2.45, 2.75) is 80.8 Å². The van der Waals surface area contributed by atoms with Gasteiger partial charge in [-0.05, 0) is 73.2 Å². The fraction of sp³-hybridized carbons (Fsp3) is 0.536. The van der Waals surface area contributed by atoms with Crippen LogP contribution in [0.1, 0.15) is 24.0 Å². The Hall–Kier alpha value is -2.91. The number of fused-ring (bicyclic) bond motifs is 2. The number of aliphatic hydroxyl groups is 4. The molecule has 3 heterocycles. The van der Waals surface area contributed by atoms with Crippen molar-refractivity contribution in [1.82, 2.24) is 5.32 Å². The fourth-order valence-corrected chi connectivity index (χ4v) is 5.40. The van der Waals surface area contributed by atoms with Crippen LogP contribution >= 0.6 is 0 Å². The molecule has 5 rings (SSSR count). The van der Waals surface area contributed by atoms with Gasteiger partial charge in [-0.1, -0.05) is 0 Å². The highest BCUT2D eigenvalue weighted by molar-refractivity contribution is 5.73. The van der Waals surface area contributed by atoms with Gasteiger partial charge >= 0.3 is 5.97 Å². The Balaban J connectivity index is 1.26. The number of ether oxygens (including phenoxy) is 4. The number of nitrogens with one attached hydrogen (secondary N) is 1. The molecule has 0 spiro atoms. The predicted octanol–water partition coefficient (Wildman–Crippen LogP) is 0.280. The second kappa shape index (κ2) is 12.5. The number of hydrogen-bond donors (Lipinski definition) is 6. The normalized spacial score (nSPS) is 30.7. The molecule has 0 saturated carbocycles. The molecule has 2 aromatic carbocycles. The monoisotopic (exact) mass is 581 g/mol. The molecule has 0 aliphatic carbocycles. The van der Waals surface area contributed by atoms with Crippen molar-refractivity contribution in [3.05, 3.63) is 59.2 Å². The summed E-state index contributed by atoms with van der Waals surface area (Å²) in [5.41, 5.74) is 1.39. The van der Waals surface area contributed by atoms with E-state index in [4.69, 9.17) is 18.9 Å².